The summed E-state index contributed by atoms with van der Waals surface area (Å²) < 4.78 is 13.2. The van der Waals surface area contributed by atoms with Gasteiger partial charge in [-0.2, -0.15) is 0 Å². The molecule has 0 fully saturated rings. The Hall–Kier alpha value is -1.62. The van der Waals surface area contributed by atoms with E-state index in [-0.39, 0.29) is 23.0 Å². The molecule has 0 aliphatic rings. The third kappa shape index (κ3) is 3.92. The Balaban J connectivity index is 2.75. The molecule has 0 aliphatic heterocycles. The van der Waals surface area contributed by atoms with Gasteiger partial charge in [0.2, 0.25) is 0 Å². The fourth-order valence-electron chi connectivity index (χ4n) is 1.59. The van der Waals surface area contributed by atoms with Gasteiger partial charge in [0, 0.05) is 6.54 Å². The van der Waals surface area contributed by atoms with E-state index in [1.54, 1.807) is 13.8 Å². The number of carbonyl (C=O) groups is 2. The van der Waals surface area contributed by atoms with E-state index < -0.39 is 23.6 Å². The zero-order valence-electron chi connectivity index (χ0n) is 10.6. The van der Waals surface area contributed by atoms with Crippen molar-refractivity contribution in [3.05, 3.63) is 34.6 Å². The van der Waals surface area contributed by atoms with E-state index in [1.165, 1.54) is 12.1 Å². The van der Waals surface area contributed by atoms with Crippen molar-refractivity contribution in [3.8, 4) is 0 Å². The van der Waals surface area contributed by atoms with E-state index >= 15 is 0 Å². The van der Waals surface area contributed by atoms with Crippen LogP contribution in [-0.2, 0) is 4.79 Å². The van der Waals surface area contributed by atoms with Gasteiger partial charge in [-0.25, -0.2) is 4.39 Å². The topological polar surface area (TPSA) is 66.4 Å². The van der Waals surface area contributed by atoms with Gasteiger partial charge in [-0.3, -0.25) is 9.59 Å². The van der Waals surface area contributed by atoms with Crippen molar-refractivity contribution in [1.29, 1.82) is 0 Å². The quantitative estimate of drug-likeness (QED) is 0.875. The van der Waals surface area contributed by atoms with Gasteiger partial charge in [0.05, 0.1) is 16.5 Å². The lowest BCUT2D eigenvalue weighted by Gasteiger charge is -2.17. The van der Waals surface area contributed by atoms with Gasteiger partial charge >= 0.3 is 5.97 Å². The first-order chi connectivity index (χ1) is 8.84. The van der Waals surface area contributed by atoms with Crippen LogP contribution in [0.3, 0.4) is 0 Å². The number of benzene rings is 1. The third-order valence-corrected chi connectivity index (χ3v) is 3.18. The summed E-state index contributed by atoms with van der Waals surface area (Å²) in [6.45, 7) is 3.47. The molecule has 1 unspecified atom stereocenters. The second-order valence-electron chi connectivity index (χ2n) is 4.50. The average Bonchev–Trinajstić information content (AvgIpc) is 2.31. The van der Waals surface area contributed by atoms with Crippen LogP contribution in [-0.4, -0.2) is 23.5 Å². The second-order valence-corrected chi connectivity index (χ2v) is 4.88. The molecule has 0 aliphatic carbocycles. The fraction of sp³-hybridized carbons (Fsp3) is 0.385. The predicted octanol–water partition coefficient (Wildman–Crippen LogP) is 2.57. The predicted molar refractivity (Wildman–Crippen MR) is 69.7 cm³/mol. The van der Waals surface area contributed by atoms with Crippen LogP contribution in [0.4, 0.5) is 4.39 Å². The summed E-state index contributed by atoms with van der Waals surface area (Å²) in [5.74, 6) is -3.08. The lowest BCUT2D eigenvalue weighted by Crippen LogP contribution is -2.35. The number of carboxylic acids is 1. The van der Waals surface area contributed by atoms with Crippen LogP contribution in [0.25, 0.3) is 0 Å². The summed E-state index contributed by atoms with van der Waals surface area (Å²) in [6, 6.07) is 3.90. The molecular formula is C13H15ClFNO3. The van der Waals surface area contributed by atoms with E-state index in [4.69, 9.17) is 16.7 Å². The molecule has 0 heterocycles. The van der Waals surface area contributed by atoms with Crippen molar-refractivity contribution in [3.63, 3.8) is 0 Å². The number of halogens is 2. The van der Waals surface area contributed by atoms with Crippen LogP contribution in [0.5, 0.6) is 0 Å². The van der Waals surface area contributed by atoms with E-state index in [9.17, 15) is 14.0 Å². The summed E-state index contributed by atoms with van der Waals surface area (Å²) in [5, 5.41) is 11.2. The minimum atomic E-state index is -0.986. The highest BCUT2D eigenvalue weighted by molar-refractivity contribution is 6.34. The van der Waals surface area contributed by atoms with Gasteiger partial charge in [0.25, 0.3) is 5.91 Å². The van der Waals surface area contributed by atoms with Gasteiger partial charge in [0.1, 0.15) is 5.82 Å². The van der Waals surface area contributed by atoms with E-state index in [1.807, 2.05) is 0 Å². The molecule has 0 saturated heterocycles. The maximum Gasteiger partial charge on any atom is 0.308 e. The number of rotatable bonds is 5. The van der Waals surface area contributed by atoms with Gasteiger partial charge in [-0.1, -0.05) is 31.5 Å². The number of hydrogen-bond donors (Lipinski definition) is 2. The van der Waals surface area contributed by atoms with Crippen LogP contribution in [0.1, 0.15) is 24.2 Å². The molecule has 0 bridgehead atoms. The molecule has 0 spiro atoms. The number of aliphatic carboxylic acids is 1. The zero-order valence-corrected chi connectivity index (χ0v) is 11.4. The summed E-state index contributed by atoms with van der Waals surface area (Å²) in [6.07, 6.45) is 0. The van der Waals surface area contributed by atoms with Crippen molar-refractivity contribution >= 4 is 23.5 Å². The van der Waals surface area contributed by atoms with Crippen molar-refractivity contribution in [2.24, 2.45) is 11.8 Å². The van der Waals surface area contributed by atoms with Gasteiger partial charge in [0.15, 0.2) is 0 Å². The summed E-state index contributed by atoms with van der Waals surface area (Å²) in [4.78, 5) is 22.8. The summed E-state index contributed by atoms with van der Waals surface area (Å²) >= 11 is 5.68. The molecule has 1 aromatic rings. The lowest BCUT2D eigenvalue weighted by molar-refractivity contribution is -0.142. The van der Waals surface area contributed by atoms with E-state index in [0.29, 0.717) is 0 Å². The molecule has 0 aromatic heterocycles. The molecule has 2 N–H and O–H groups in total. The number of nitrogens with one attached hydrogen (secondary N) is 1. The Labute approximate surface area is 115 Å². The molecule has 0 radical (unpaired) electrons. The molecule has 1 amide bonds. The Kier molecular flexibility index (Phi) is 5.30. The first-order valence-electron chi connectivity index (χ1n) is 5.79. The van der Waals surface area contributed by atoms with Crippen LogP contribution >= 0.6 is 11.6 Å². The average molecular weight is 288 g/mol. The number of amides is 1. The third-order valence-electron chi connectivity index (χ3n) is 2.80. The van der Waals surface area contributed by atoms with E-state index in [2.05, 4.69) is 5.32 Å². The normalized spacial score (nSPS) is 12.3. The molecule has 4 nitrogen and oxygen atoms in total. The van der Waals surface area contributed by atoms with Gasteiger partial charge in [-0.05, 0) is 18.1 Å². The summed E-state index contributed by atoms with van der Waals surface area (Å²) in [5.41, 5.74) is -0.00504. The highest BCUT2D eigenvalue weighted by Crippen LogP contribution is 2.19. The largest absolute Gasteiger partial charge is 0.481 e. The standard InChI is InChI=1S/C13H15ClFNO3/c1-7(2)9(13(18)19)6-16-12(17)8-4-3-5-10(15)11(8)14/h3-5,7,9H,6H2,1-2H3,(H,16,17)(H,18,19). The molecule has 19 heavy (non-hydrogen) atoms. The minimum absolute atomic E-state index is 0.00504. The van der Waals surface area contributed by atoms with Crippen LogP contribution in [0.2, 0.25) is 5.02 Å². The van der Waals surface area contributed by atoms with Crippen molar-refractivity contribution in [2.75, 3.05) is 6.54 Å². The Morgan fingerprint density at radius 3 is 2.58 bits per heavy atom. The second kappa shape index (κ2) is 6.52. The highest BCUT2D eigenvalue weighted by atomic mass is 35.5. The minimum Gasteiger partial charge on any atom is -0.481 e. The number of hydrogen-bond acceptors (Lipinski definition) is 2. The maximum absolute atomic E-state index is 13.2. The van der Waals surface area contributed by atoms with E-state index in [0.717, 1.165) is 6.07 Å². The molecule has 1 aromatic carbocycles. The SMILES string of the molecule is CC(C)C(CNC(=O)c1cccc(F)c1Cl)C(=O)O. The first-order valence-corrected chi connectivity index (χ1v) is 6.17. The lowest BCUT2D eigenvalue weighted by atomic mass is 9.96. The first kappa shape index (κ1) is 15.4. The van der Waals surface area contributed by atoms with Crippen LogP contribution in [0, 0.1) is 17.7 Å². The molecule has 1 rings (SSSR count). The molecule has 0 saturated carbocycles. The maximum atomic E-state index is 13.2. The molecule has 1 atom stereocenters. The Bertz CT molecular complexity index is 491. The monoisotopic (exact) mass is 287 g/mol. The summed E-state index contributed by atoms with van der Waals surface area (Å²) in [7, 11) is 0. The van der Waals surface area contributed by atoms with Crippen LogP contribution in [0.15, 0.2) is 18.2 Å². The van der Waals surface area contributed by atoms with Crippen molar-refractivity contribution < 1.29 is 19.1 Å². The van der Waals surface area contributed by atoms with Crippen molar-refractivity contribution in [1.82, 2.24) is 5.32 Å². The number of carbonyl (C=O) groups excluding carboxylic acids is 1. The Morgan fingerprint density at radius 2 is 2.05 bits per heavy atom. The molecule has 6 heteroatoms. The van der Waals surface area contributed by atoms with Gasteiger partial charge < -0.3 is 10.4 Å². The fourth-order valence-corrected chi connectivity index (χ4v) is 1.80. The van der Waals surface area contributed by atoms with Gasteiger partial charge in [-0.15, -0.1) is 0 Å². The Morgan fingerprint density at radius 1 is 1.42 bits per heavy atom. The highest BCUT2D eigenvalue weighted by Gasteiger charge is 2.23. The van der Waals surface area contributed by atoms with Crippen LogP contribution < -0.4 is 5.32 Å². The number of carboxylic acid groups (broad SMARTS) is 1. The van der Waals surface area contributed by atoms with Crippen molar-refractivity contribution in [2.45, 2.75) is 13.8 Å². The smallest absolute Gasteiger partial charge is 0.308 e. The molecular weight excluding hydrogens is 273 g/mol. The zero-order chi connectivity index (χ0) is 14.6. The molecule has 104 valence electrons.